The van der Waals surface area contributed by atoms with Crippen molar-refractivity contribution in [1.29, 1.82) is 0 Å². The number of piperidine rings is 1. The van der Waals surface area contributed by atoms with E-state index in [-0.39, 0.29) is 0 Å². The van der Waals surface area contributed by atoms with Gasteiger partial charge in [-0.15, -0.1) is 0 Å². The molecule has 0 spiro atoms. The summed E-state index contributed by atoms with van der Waals surface area (Å²) in [6, 6.07) is 1.64. The number of fused-ring (bicyclic) bond motifs is 2. The van der Waals surface area contributed by atoms with Crippen molar-refractivity contribution >= 4 is 0 Å². The van der Waals surface area contributed by atoms with Crippen LogP contribution in [0.2, 0.25) is 0 Å². The van der Waals surface area contributed by atoms with Crippen molar-refractivity contribution in [2.45, 2.75) is 58.0 Å². The van der Waals surface area contributed by atoms with Crippen LogP contribution >= 0.6 is 0 Å². The molecule has 0 radical (unpaired) electrons. The predicted molar refractivity (Wildman–Crippen MR) is 52.1 cm³/mol. The van der Waals surface area contributed by atoms with Crippen molar-refractivity contribution < 1.29 is 0 Å². The van der Waals surface area contributed by atoms with E-state index in [0.717, 1.165) is 23.9 Å². The second-order valence-electron chi connectivity index (χ2n) is 4.74. The van der Waals surface area contributed by atoms with Crippen LogP contribution in [-0.2, 0) is 0 Å². The summed E-state index contributed by atoms with van der Waals surface area (Å²) in [4.78, 5) is 0. The third-order valence-electron chi connectivity index (χ3n) is 3.84. The first-order valence-electron chi connectivity index (χ1n) is 5.55. The minimum Gasteiger partial charge on any atom is -0.311 e. The molecule has 0 amide bonds. The van der Waals surface area contributed by atoms with Gasteiger partial charge < -0.3 is 5.32 Å². The van der Waals surface area contributed by atoms with Crippen molar-refractivity contribution in [3.05, 3.63) is 0 Å². The van der Waals surface area contributed by atoms with Gasteiger partial charge >= 0.3 is 0 Å². The maximum atomic E-state index is 3.69. The monoisotopic (exact) mass is 167 g/mol. The fourth-order valence-electron chi connectivity index (χ4n) is 3.23. The van der Waals surface area contributed by atoms with Crippen LogP contribution in [0.1, 0.15) is 46.0 Å². The van der Waals surface area contributed by atoms with Gasteiger partial charge in [-0.3, -0.25) is 0 Å². The molecule has 2 bridgehead atoms. The lowest BCUT2D eigenvalue weighted by Gasteiger charge is -2.43. The quantitative estimate of drug-likeness (QED) is 0.633. The van der Waals surface area contributed by atoms with E-state index in [1.54, 1.807) is 0 Å². The number of rotatable bonds is 1. The molecule has 4 unspecified atom stereocenters. The van der Waals surface area contributed by atoms with Crippen molar-refractivity contribution in [3.63, 3.8) is 0 Å². The summed E-state index contributed by atoms with van der Waals surface area (Å²) in [5.41, 5.74) is 0. The standard InChI is InChI=1S/C11H21N/c1-3-9-4-5-11-7-10(9)6-8(2)12-11/h8-12H,3-7H2,1-2H3. The van der Waals surface area contributed by atoms with Gasteiger partial charge in [0.25, 0.3) is 0 Å². The molecule has 2 rings (SSSR count). The molecule has 0 aromatic heterocycles. The largest absolute Gasteiger partial charge is 0.311 e. The van der Waals surface area contributed by atoms with Crippen LogP contribution in [0.3, 0.4) is 0 Å². The van der Waals surface area contributed by atoms with Gasteiger partial charge in [0.2, 0.25) is 0 Å². The van der Waals surface area contributed by atoms with E-state index >= 15 is 0 Å². The highest BCUT2D eigenvalue weighted by molar-refractivity contribution is 4.90. The minimum absolute atomic E-state index is 0.781. The van der Waals surface area contributed by atoms with Crippen LogP contribution < -0.4 is 5.32 Å². The first kappa shape index (κ1) is 8.55. The molecule has 2 fully saturated rings. The molecule has 1 saturated heterocycles. The highest BCUT2D eigenvalue weighted by atomic mass is 15.0. The topological polar surface area (TPSA) is 12.0 Å². The SMILES string of the molecule is CCC1CCC2CC1CC(C)N2. The van der Waals surface area contributed by atoms with Crippen LogP contribution in [0.4, 0.5) is 0 Å². The summed E-state index contributed by atoms with van der Waals surface area (Å²) < 4.78 is 0. The van der Waals surface area contributed by atoms with Gasteiger partial charge in [-0.1, -0.05) is 13.3 Å². The summed E-state index contributed by atoms with van der Waals surface area (Å²) in [7, 11) is 0. The van der Waals surface area contributed by atoms with Gasteiger partial charge in [0.1, 0.15) is 0 Å². The molecular weight excluding hydrogens is 146 g/mol. The second kappa shape index (κ2) is 3.37. The molecule has 2 aliphatic rings. The van der Waals surface area contributed by atoms with E-state index < -0.39 is 0 Å². The van der Waals surface area contributed by atoms with Crippen molar-refractivity contribution in [2.24, 2.45) is 11.8 Å². The molecule has 1 heteroatoms. The molecule has 1 aliphatic carbocycles. The average Bonchev–Trinajstić information content (AvgIpc) is 2.04. The van der Waals surface area contributed by atoms with Gasteiger partial charge in [-0.2, -0.15) is 0 Å². The molecule has 70 valence electrons. The summed E-state index contributed by atoms with van der Waals surface area (Å²) >= 11 is 0. The van der Waals surface area contributed by atoms with E-state index in [2.05, 4.69) is 19.2 Å². The Morgan fingerprint density at radius 1 is 1.25 bits per heavy atom. The Balaban J connectivity index is 2.00. The summed E-state index contributed by atoms with van der Waals surface area (Å²) in [6.07, 6.45) is 7.20. The zero-order valence-electron chi connectivity index (χ0n) is 8.34. The Kier molecular flexibility index (Phi) is 2.40. The molecule has 0 aromatic rings. The normalized spacial score (nSPS) is 47.5. The molecule has 0 aromatic carbocycles. The van der Waals surface area contributed by atoms with Crippen molar-refractivity contribution in [1.82, 2.24) is 5.32 Å². The van der Waals surface area contributed by atoms with Crippen LogP contribution in [0.25, 0.3) is 0 Å². The van der Waals surface area contributed by atoms with Crippen LogP contribution in [0, 0.1) is 11.8 Å². The lowest BCUT2D eigenvalue weighted by molar-refractivity contribution is 0.121. The summed E-state index contributed by atoms with van der Waals surface area (Å²) in [5, 5.41) is 3.69. The van der Waals surface area contributed by atoms with Gasteiger partial charge in [-0.05, 0) is 44.4 Å². The first-order valence-corrected chi connectivity index (χ1v) is 5.55. The lowest BCUT2D eigenvalue weighted by atomic mass is 9.70. The summed E-state index contributed by atoms with van der Waals surface area (Å²) in [6.45, 7) is 4.70. The zero-order valence-corrected chi connectivity index (χ0v) is 8.34. The van der Waals surface area contributed by atoms with E-state index in [9.17, 15) is 0 Å². The molecule has 1 nitrogen and oxygen atoms in total. The van der Waals surface area contributed by atoms with E-state index in [4.69, 9.17) is 0 Å². The molecule has 4 atom stereocenters. The van der Waals surface area contributed by atoms with Gasteiger partial charge in [0.15, 0.2) is 0 Å². The minimum atomic E-state index is 0.781. The van der Waals surface area contributed by atoms with Gasteiger partial charge in [0.05, 0.1) is 0 Å². The van der Waals surface area contributed by atoms with Crippen LogP contribution in [0.15, 0.2) is 0 Å². The molecule has 1 aliphatic heterocycles. The van der Waals surface area contributed by atoms with Crippen molar-refractivity contribution in [2.75, 3.05) is 0 Å². The Morgan fingerprint density at radius 3 is 2.83 bits per heavy atom. The third kappa shape index (κ3) is 1.52. The Morgan fingerprint density at radius 2 is 2.08 bits per heavy atom. The Labute approximate surface area is 75.9 Å². The van der Waals surface area contributed by atoms with E-state index in [1.165, 1.54) is 32.1 Å². The first-order chi connectivity index (χ1) is 5.79. The predicted octanol–water partition coefficient (Wildman–Crippen LogP) is 2.56. The Hall–Kier alpha value is -0.0400. The highest BCUT2D eigenvalue weighted by Gasteiger charge is 2.34. The number of nitrogens with one attached hydrogen (secondary N) is 1. The third-order valence-corrected chi connectivity index (χ3v) is 3.84. The zero-order chi connectivity index (χ0) is 8.55. The molecular formula is C11H21N. The van der Waals surface area contributed by atoms with Crippen LogP contribution in [-0.4, -0.2) is 12.1 Å². The summed E-state index contributed by atoms with van der Waals surface area (Å²) in [5.74, 6) is 2.09. The number of hydrogen-bond acceptors (Lipinski definition) is 1. The fourth-order valence-corrected chi connectivity index (χ4v) is 3.23. The van der Waals surface area contributed by atoms with Gasteiger partial charge in [0, 0.05) is 12.1 Å². The highest BCUT2D eigenvalue weighted by Crippen LogP contribution is 2.38. The molecule has 1 heterocycles. The van der Waals surface area contributed by atoms with Crippen molar-refractivity contribution in [3.8, 4) is 0 Å². The molecule has 1 saturated carbocycles. The van der Waals surface area contributed by atoms with Crippen LogP contribution in [0.5, 0.6) is 0 Å². The maximum Gasteiger partial charge on any atom is 0.00723 e. The fraction of sp³-hybridized carbons (Fsp3) is 1.00. The average molecular weight is 167 g/mol. The molecule has 1 N–H and O–H groups in total. The Bertz CT molecular complexity index is 153. The van der Waals surface area contributed by atoms with Gasteiger partial charge in [-0.25, -0.2) is 0 Å². The van der Waals surface area contributed by atoms with E-state index in [0.29, 0.717) is 0 Å². The molecule has 12 heavy (non-hydrogen) atoms. The maximum absolute atomic E-state index is 3.69. The lowest BCUT2D eigenvalue weighted by Crippen LogP contribution is -2.48. The number of hydrogen-bond donors (Lipinski definition) is 1. The second-order valence-corrected chi connectivity index (χ2v) is 4.74. The van der Waals surface area contributed by atoms with E-state index in [1.807, 2.05) is 0 Å². The smallest absolute Gasteiger partial charge is 0.00723 e.